The number of aryl methyl sites for hydroxylation is 2. The van der Waals surface area contributed by atoms with Gasteiger partial charge in [-0.15, -0.1) is 0 Å². The van der Waals surface area contributed by atoms with Gasteiger partial charge in [0.2, 0.25) is 0 Å². The predicted molar refractivity (Wildman–Crippen MR) is 81.3 cm³/mol. The number of pyridine rings is 1. The zero-order chi connectivity index (χ0) is 15.1. The fourth-order valence-electron chi connectivity index (χ4n) is 2.42. The maximum Gasteiger partial charge on any atom is 0.264 e. The molecule has 0 bridgehead atoms. The fraction of sp³-hybridized carbons (Fsp3) is 0.200. The molecule has 2 aromatic heterocycles. The van der Waals surface area contributed by atoms with Crippen molar-refractivity contribution in [1.29, 1.82) is 0 Å². The SMILES string of the molecule is Cc1nn(C)c2nc(-c3ccc(Br)cc3)cc(C(F)F)c12. The highest BCUT2D eigenvalue weighted by molar-refractivity contribution is 9.10. The highest BCUT2D eigenvalue weighted by Gasteiger charge is 2.19. The number of aromatic nitrogens is 3. The van der Waals surface area contributed by atoms with Crippen LogP contribution in [0.3, 0.4) is 0 Å². The molecule has 0 N–H and O–H groups in total. The van der Waals surface area contributed by atoms with E-state index < -0.39 is 6.43 Å². The van der Waals surface area contributed by atoms with E-state index in [0.29, 0.717) is 22.4 Å². The molecule has 0 fully saturated rings. The largest absolute Gasteiger partial charge is 0.264 e. The molecule has 0 unspecified atom stereocenters. The third-order valence-electron chi connectivity index (χ3n) is 3.37. The lowest BCUT2D eigenvalue weighted by atomic mass is 10.1. The van der Waals surface area contributed by atoms with Crippen LogP contribution in [-0.2, 0) is 7.05 Å². The first kappa shape index (κ1) is 14.1. The molecule has 21 heavy (non-hydrogen) atoms. The van der Waals surface area contributed by atoms with Gasteiger partial charge in [-0.2, -0.15) is 5.10 Å². The number of alkyl halides is 2. The van der Waals surface area contributed by atoms with Crippen LogP contribution in [0.1, 0.15) is 17.7 Å². The van der Waals surface area contributed by atoms with Crippen LogP contribution < -0.4 is 0 Å². The van der Waals surface area contributed by atoms with Crippen LogP contribution in [0.25, 0.3) is 22.3 Å². The minimum Gasteiger partial charge on any atom is -0.250 e. The summed E-state index contributed by atoms with van der Waals surface area (Å²) < 4.78 is 29.2. The molecular formula is C15H12BrF2N3. The normalized spacial score (nSPS) is 11.5. The number of rotatable bonds is 2. The summed E-state index contributed by atoms with van der Waals surface area (Å²) in [5.74, 6) is 0. The molecule has 0 aliphatic rings. The topological polar surface area (TPSA) is 30.7 Å². The summed E-state index contributed by atoms with van der Waals surface area (Å²) >= 11 is 3.36. The maximum atomic E-state index is 13.4. The molecule has 0 aliphatic heterocycles. The monoisotopic (exact) mass is 351 g/mol. The third kappa shape index (κ3) is 2.44. The van der Waals surface area contributed by atoms with Gasteiger partial charge >= 0.3 is 0 Å². The van der Waals surface area contributed by atoms with Crippen LogP contribution >= 0.6 is 15.9 Å². The van der Waals surface area contributed by atoms with Gasteiger partial charge in [-0.1, -0.05) is 28.1 Å². The molecule has 2 heterocycles. The Balaban J connectivity index is 2.30. The van der Waals surface area contributed by atoms with E-state index in [9.17, 15) is 8.78 Å². The zero-order valence-corrected chi connectivity index (χ0v) is 13.0. The first-order valence-corrected chi connectivity index (χ1v) is 7.15. The van der Waals surface area contributed by atoms with Gasteiger partial charge in [0.25, 0.3) is 6.43 Å². The molecule has 0 atom stereocenters. The summed E-state index contributed by atoms with van der Waals surface area (Å²) in [6.07, 6.45) is -2.56. The first-order chi connectivity index (χ1) is 9.97. The van der Waals surface area contributed by atoms with Crippen molar-refractivity contribution in [3.05, 3.63) is 46.1 Å². The van der Waals surface area contributed by atoms with Gasteiger partial charge in [0, 0.05) is 22.6 Å². The third-order valence-corrected chi connectivity index (χ3v) is 3.90. The van der Waals surface area contributed by atoms with Gasteiger partial charge in [0.15, 0.2) is 5.65 Å². The Morgan fingerprint density at radius 1 is 1.19 bits per heavy atom. The molecule has 0 amide bonds. The van der Waals surface area contributed by atoms with Crippen LogP contribution in [0.2, 0.25) is 0 Å². The van der Waals surface area contributed by atoms with Gasteiger partial charge in [-0.25, -0.2) is 13.8 Å². The van der Waals surface area contributed by atoms with Crippen molar-refractivity contribution in [1.82, 2.24) is 14.8 Å². The molecule has 0 saturated heterocycles. The van der Waals surface area contributed by atoms with Crippen LogP contribution in [0, 0.1) is 6.92 Å². The van der Waals surface area contributed by atoms with Crippen molar-refractivity contribution in [2.24, 2.45) is 7.05 Å². The average Bonchev–Trinajstić information content (AvgIpc) is 2.74. The lowest BCUT2D eigenvalue weighted by molar-refractivity contribution is 0.153. The smallest absolute Gasteiger partial charge is 0.250 e. The molecule has 6 heteroatoms. The minimum absolute atomic E-state index is 0.0245. The molecule has 0 radical (unpaired) electrons. The van der Waals surface area contributed by atoms with Crippen molar-refractivity contribution in [3.63, 3.8) is 0 Å². The maximum absolute atomic E-state index is 13.4. The minimum atomic E-state index is -2.56. The van der Waals surface area contributed by atoms with Gasteiger partial charge in [-0.3, -0.25) is 4.68 Å². The molecule has 3 rings (SSSR count). The number of hydrogen-bond acceptors (Lipinski definition) is 2. The number of benzene rings is 1. The summed E-state index contributed by atoms with van der Waals surface area (Å²) in [5.41, 5.74) is 2.33. The van der Waals surface area contributed by atoms with Gasteiger partial charge in [0.05, 0.1) is 16.8 Å². The second-order valence-corrected chi connectivity index (χ2v) is 5.73. The van der Waals surface area contributed by atoms with E-state index in [1.165, 1.54) is 6.07 Å². The number of hydrogen-bond donors (Lipinski definition) is 0. The van der Waals surface area contributed by atoms with E-state index in [-0.39, 0.29) is 5.56 Å². The van der Waals surface area contributed by atoms with E-state index >= 15 is 0 Å². The number of nitrogens with zero attached hydrogens (tertiary/aromatic N) is 3. The molecule has 108 valence electrons. The van der Waals surface area contributed by atoms with E-state index in [4.69, 9.17) is 0 Å². The molecule has 1 aromatic carbocycles. The zero-order valence-electron chi connectivity index (χ0n) is 11.4. The molecule has 0 saturated carbocycles. The molecule has 3 nitrogen and oxygen atoms in total. The van der Waals surface area contributed by atoms with E-state index in [1.54, 1.807) is 18.7 Å². The summed E-state index contributed by atoms with van der Waals surface area (Å²) in [7, 11) is 1.71. The molecule has 3 aromatic rings. The Kier molecular flexibility index (Phi) is 3.49. The van der Waals surface area contributed by atoms with Crippen molar-refractivity contribution in [2.75, 3.05) is 0 Å². The summed E-state index contributed by atoms with van der Waals surface area (Å²) in [6, 6.07) is 8.86. The van der Waals surface area contributed by atoms with E-state index in [1.807, 2.05) is 24.3 Å². The van der Waals surface area contributed by atoms with Crippen LogP contribution in [-0.4, -0.2) is 14.8 Å². The van der Waals surface area contributed by atoms with Crippen molar-refractivity contribution >= 4 is 27.0 Å². The Labute approximate surface area is 128 Å². The predicted octanol–water partition coefficient (Wildman–Crippen LogP) is 4.64. The van der Waals surface area contributed by atoms with Crippen LogP contribution in [0.15, 0.2) is 34.8 Å². The summed E-state index contributed by atoms with van der Waals surface area (Å²) in [5, 5.41) is 4.63. The van der Waals surface area contributed by atoms with Crippen LogP contribution in [0.5, 0.6) is 0 Å². The Hall–Kier alpha value is -1.82. The van der Waals surface area contributed by atoms with Crippen molar-refractivity contribution < 1.29 is 8.78 Å². The van der Waals surface area contributed by atoms with Crippen molar-refractivity contribution in [3.8, 4) is 11.3 Å². The quantitative estimate of drug-likeness (QED) is 0.673. The van der Waals surface area contributed by atoms with Gasteiger partial charge < -0.3 is 0 Å². The highest BCUT2D eigenvalue weighted by Crippen LogP contribution is 2.32. The molecule has 0 spiro atoms. The molecule has 0 aliphatic carbocycles. The fourth-order valence-corrected chi connectivity index (χ4v) is 2.68. The molecular weight excluding hydrogens is 340 g/mol. The lowest BCUT2D eigenvalue weighted by Crippen LogP contribution is -1.96. The van der Waals surface area contributed by atoms with Gasteiger partial charge in [-0.05, 0) is 25.1 Å². The Morgan fingerprint density at radius 3 is 2.48 bits per heavy atom. The Bertz CT molecular complexity index is 810. The van der Waals surface area contributed by atoms with E-state index in [2.05, 4.69) is 26.0 Å². The standard InChI is InChI=1S/C15H12BrF2N3/c1-8-13-11(14(17)18)7-12(19-15(13)21(2)20-8)9-3-5-10(16)6-4-9/h3-7,14H,1-2H3. The first-order valence-electron chi connectivity index (χ1n) is 6.35. The second kappa shape index (κ2) is 5.18. The number of fused-ring (bicyclic) bond motifs is 1. The highest BCUT2D eigenvalue weighted by atomic mass is 79.9. The van der Waals surface area contributed by atoms with Gasteiger partial charge in [0.1, 0.15) is 0 Å². The Morgan fingerprint density at radius 2 is 1.86 bits per heavy atom. The summed E-state index contributed by atoms with van der Waals surface area (Å²) in [6.45, 7) is 1.72. The van der Waals surface area contributed by atoms with Crippen LogP contribution in [0.4, 0.5) is 8.78 Å². The second-order valence-electron chi connectivity index (χ2n) is 4.81. The van der Waals surface area contributed by atoms with Crippen molar-refractivity contribution in [2.45, 2.75) is 13.3 Å². The summed E-state index contributed by atoms with van der Waals surface area (Å²) in [4.78, 5) is 4.49. The number of halogens is 3. The average molecular weight is 352 g/mol. The lowest BCUT2D eigenvalue weighted by Gasteiger charge is -2.07. The van der Waals surface area contributed by atoms with E-state index in [0.717, 1.165) is 10.0 Å².